The van der Waals surface area contributed by atoms with Crippen molar-refractivity contribution in [1.29, 1.82) is 0 Å². The van der Waals surface area contributed by atoms with Crippen molar-refractivity contribution < 1.29 is 19.1 Å². The van der Waals surface area contributed by atoms with Crippen LogP contribution >= 0.6 is 0 Å². The van der Waals surface area contributed by atoms with Crippen LogP contribution in [0.2, 0.25) is 0 Å². The third-order valence-electron chi connectivity index (χ3n) is 3.84. The minimum atomic E-state index is -0.654. The van der Waals surface area contributed by atoms with Crippen molar-refractivity contribution >= 4 is 11.8 Å². The molecule has 1 aliphatic carbocycles. The number of Topliss-reactive ketones (excluding diaryl/α,β-unsaturated/α-hetero) is 1. The van der Waals surface area contributed by atoms with E-state index in [4.69, 9.17) is 9.47 Å². The van der Waals surface area contributed by atoms with Gasteiger partial charge in [-0.3, -0.25) is 9.59 Å². The summed E-state index contributed by atoms with van der Waals surface area (Å²) in [5.74, 6) is 0.400. The van der Waals surface area contributed by atoms with Crippen LogP contribution < -0.4 is 0 Å². The van der Waals surface area contributed by atoms with Crippen molar-refractivity contribution in [1.82, 2.24) is 0 Å². The van der Waals surface area contributed by atoms with E-state index in [0.717, 1.165) is 25.7 Å². The van der Waals surface area contributed by atoms with Gasteiger partial charge in [-0.1, -0.05) is 6.92 Å². The number of carbonyl (C=O) groups excluding carboxylic acids is 2. The number of carbonyl (C=O) groups is 2. The van der Waals surface area contributed by atoms with Crippen LogP contribution in [-0.2, 0) is 19.1 Å². The second kappa shape index (κ2) is 6.88. The molecule has 0 bridgehead atoms. The fraction of sp³-hybridized carbons (Fsp3) is 0.857. The van der Waals surface area contributed by atoms with E-state index in [-0.39, 0.29) is 24.6 Å². The molecule has 1 fully saturated rings. The van der Waals surface area contributed by atoms with Crippen LogP contribution in [0.15, 0.2) is 0 Å². The molecule has 1 rings (SSSR count). The van der Waals surface area contributed by atoms with Crippen LogP contribution in [0.5, 0.6) is 0 Å². The highest BCUT2D eigenvalue weighted by Gasteiger charge is 2.40. The quantitative estimate of drug-likeness (QED) is 0.685. The molecule has 104 valence electrons. The van der Waals surface area contributed by atoms with Crippen molar-refractivity contribution in [2.75, 3.05) is 13.7 Å². The third kappa shape index (κ3) is 3.80. The molecule has 0 spiro atoms. The highest BCUT2D eigenvalue weighted by atomic mass is 16.5. The number of rotatable bonds is 6. The van der Waals surface area contributed by atoms with Crippen LogP contribution in [0.25, 0.3) is 0 Å². The number of hydrogen-bond acceptors (Lipinski definition) is 4. The summed E-state index contributed by atoms with van der Waals surface area (Å²) < 4.78 is 10.3. The molecule has 4 nitrogen and oxygen atoms in total. The molecular formula is C14H24O4. The zero-order valence-electron chi connectivity index (χ0n) is 11.7. The maximum absolute atomic E-state index is 12.2. The molecule has 0 N–H and O–H groups in total. The molecule has 0 aromatic carbocycles. The van der Waals surface area contributed by atoms with Crippen molar-refractivity contribution in [3.63, 3.8) is 0 Å². The minimum Gasteiger partial charge on any atom is -0.466 e. The van der Waals surface area contributed by atoms with Gasteiger partial charge in [0.2, 0.25) is 0 Å². The average molecular weight is 256 g/mol. The van der Waals surface area contributed by atoms with Gasteiger partial charge in [0.05, 0.1) is 13.0 Å². The Morgan fingerprint density at radius 1 is 1.22 bits per heavy atom. The molecule has 0 heterocycles. The maximum atomic E-state index is 12.2. The number of esters is 1. The number of ether oxygens (including phenoxy) is 2. The lowest BCUT2D eigenvalue weighted by Crippen LogP contribution is -2.44. The fourth-order valence-electron chi connectivity index (χ4n) is 2.50. The lowest BCUT2D eigenvalue weighted by Gasteiger charge is -2.36. The molecule has 1 saturated carbocycles. The van der Waals surface area contributed by atoms with E-state index in [1.807, 2.05) is 0 Å². The van der Waals surface area contributed by atoms with E-state index < -0.39 is 5.60 Å². The Kier molecular flexibility index (Phi) is 5.79. The topological polar surface area (TPSA) is 52.6 Å². The summed E-state index contributed by atoms with van der Waals surface area (Å²) in [6.07, 6.45) is 3.95. The summed E-state index contributed by atoms with van der Waals surface area (Å²) in [6, 6.07) is 0. The smallest absolute Gasteiger partial charge is 0.306 e. The van der Waals surface area contributed by atoms with Crippen LogP contribution in [0.3, 0.4) is 0 Å². The standard InChI is InChI=1S/C14H24O4/c1-4-18-13(16)6-5-12(15)14(17-3)9-7-11(2)8-10-14/h11H,4-10H2,1-3H3. The Balaban J connectivity index is 2.49. The Labute approximate surface area is 109 Å². The van der Waals surface area contributed by atoms with Gasteiger partial charge in [0.15, 0.2) is 5.78 Å². The predicted octanol–water partition coefficient (Wildman–Crippen LogP) is 2.49. The second-order valence-corrected chi connectivity index (χ2v) is 5.11. The molecule has 0 unspecified atom stereocenters. The lowest BCUT2D eigenvalue weighted by molar-refractivity contribution is -0.151. The Hall–Kier alpha value is -0.900. The molecule has 0 aromatic rings. The van der Waals surface area contributed by atoms with Crippen LogP contribution in [0.1, 0.15) is 52.4 Å². The molecule has 0 radical (unpaired) electrons. The molecular weight excluding hydrogens is 232 g/mol. The van der Waals surface area contributed by atoms with Crippen LogP contribution in [0.4, 0.5) is 0 Å². The van der Waals surface area contributed by atoms with Gasteiger partial charge in [-0.05, 0) is 38.5 Å². The molecule has 18 heavy (non-hydrogen) atoms. The maximum Gasteiger partial charge on any atom is 0.306 e. The van der Waals surface area contributed by atoms with Crippen molar-refractivity contribution in [2.45, 2.75) is 58.0 Å². The molecule has 4 heteroatoms. The molecule has 0 aromatic heterocycles. The van der Waals surface area contributed by atoms with Crippen LogP contribution in [-0.4, -0.2) is 31.1 Å². The summed E-state index contributed by atoms with van der Waals surface area (Å²) in [6.45, 7) is 4.32. The first kappa shape index (κ1) is 15.2. The zero-order chi connectivity index (χ0) is 13.6. The van der Waals surface area contributed by atoms with E-state index in [2.05, 4.69) is 6.92 Å². The number of ketones is 1. The summed E-state index contributed by atoms with van der Waals surface area (Å²) >= 11 is 0. The molecule has 0 saturated heterocycles. The largest absolute Gasteiger partial charge is 0.466 e. The van der Waals surface area contributed by atoms with Gasteiger partial charge >= 0.3 is 5.97 Å². The normalized spacial score (nSPS) is 27.8. The molecule has 0 aliphatic heterocycles. The van der Waals surface area contributed by atoms with E-state index in [9.17, 15) is 9.59 Å². The minimum absolute atomic E-state index is 0.0463. The second-order valence-electron chi connectivity index (χ2n) is 5.11. The molecule has 1 aliphatic rings. The third-order valence-corrected chi connectivity index (χ3v) is 3.84. The van der Waals surface area contributed by atoms with Crippen LogP contribution in [0, 0.1) is 5.92 Å². The van der Waals surface area contributed by atoms with Crippen molar-refractivity contribution in [3.8, 4) is 0 Å². The summed E-state index contributed by atoms with van der Waals surface area (Å²) in [7, 11) is 1.60. The Bertz CT molecular complexity index is 290. The van der Waals surface area contributed by atoms with Gasteiger partial charge in [0.25, 0.3) is 0 Å². The van der Waals surface area contributed by atoms with Gasteiger partial charge in [-0.25, -0.2) is 0 Å². The highest BCUT2D eigenvalue weighted by molar-refractivity contribution is 5.89. The first-order valence-electron chi connectivity index (χ1n) is 6.78. The van der Waals surface area contributed by atoms with Gasteiger partial charge in [-0.15, -0.1) is 0 Å². The summed E-state index contributed by atoms with van der Waals surface area (Å²) in [5.41, 5.74) is -0.654. The SMILES string of the molecule is CCOC(=O)CCC(=O)C1(OC)CCC(C)CC1. The lowest BCUT2D eigenvalue weighted by atomic mass is 9.76. The van der Waals surface area contributed by atoms with Gasteiger partial charge in [0, 0.05) is 13.5 Å². The highest BCUT2D eigenvalue weighted by Crippen LogP contribution is 2.35. The van der Waals surface area contributed by atoms with Gasteiger partial charge in [0.1, 0.15) is 5.60 Å². The monoisotopic (exact) mass is 256 g/mol. The molecule has 0 amide bonds. The first-order valence-corrected chi connectivity index (χ1v) is 6.78. The fourth-order valence-corrected chi connectivity index (χ4v) is 2.50. The van der Waals surface area contributed by atoms with Crippen molar-refractivity contribution in [2.24, 2.45) is 5.92 Å². The van der Waals surface area contributed by atoms with E-state index in [1.54, 1.807) is 14.0 Å². The van der Waals surface area contributed by atoms with Gasteiger partial charge < -0.3 is 9.47 Å². The van der Waals surface area contributed by atoms with E-state index in [1.165, 1.54) is 0 Å². The number of methoxy groups -OCH3 is 1. The van der Waals surface area contributed by atoms with Crippen molar-refractivity contribution in [3.05, 3.63) is 0 Å². The Morgan fingerprint density at radius 2 is 1.83 bits per heavy atom. The van der Waals surface area contributed by atoms with E-state index in [0.29, 0.717) is 12.5 Å². The number of hydrogen-bond donors (Lipinski definition) is 0. The first-order chi connectivity index (χ1) is 8.54. The predicted molar refractivity (Wildman–Crippen MR) is 68.2 cm³/mol. The summed E-state index contributed by atoms with van der Waals surface area (Å²) in [5, 5.41) is 0. The Morgan fingerprint density at radius 3 is 2.33 bits per heavy atom. The van der Waals surface area contributed by atoms with Gasteiger partial charge in [-0.2, -0.15) is 0 Å². The van der Waals surface area contributed by atoms with E-state index >= 15 is 0 Å². The summed E-state index contributed by atoms with van der Waals surface area (Å²) in [4.78, 5) is 23.5. The average Bonchev–Trinajstić information content (AvgIpc) is 2.38. The zero-order valence-corrected chi connectivity index (χ0v) is 11.7. The molecule has 0 atom stereocenters.